The summed E-state index contributed by atoms with van der Waals surface area (Å²) in [7, 11) is 1.59. The van der Waals surface area contributed by atoms with E-state index in [1.807, 2.05) is 0 Å². The van der Waals surface area contributed by atoms with Crippen molar-refractivity contribution < 1.29 is 10.0 Å². The maximum Gasteiger partial charge on any atom is 0.241 e. The van der Waals surface area contributed by atoms with E-state index in [0.29, 0.717) is 12.1 Å². The van der Waals surface area contributed by atoms with E-state index in [-0.39, 0.29) is 18.1 Å². The van der Waals surface area contributed by atoms with Gasteiger partial charge >= 0.3 is 0 Å². The molecule has 0 unspecified atom stereocenters. The van der Waals surface area contributed by atoms with Crippen molar-refractivity contribution in [2.75, 3.05) is 20.2 Å². The molecule has 0 aromatic heterocycles. The quantitative estimate of drug-likeness (QED) is 0.279. The van der Waals surface area contributed by atoms with Gasteiger partial charge < -0.3 is 5.11 Å². The third-order valence-electron chi connectivity index (χ3n) is 2.00. The average molecular weight is 202 g/mol. The largest absolute Gasteiger partial charge is 0.396 e. The van der Waals surface area contributed by atoms with Crippen LogP contribution < -0.4 is 0 Å². The van der Waals surface area contributed by atoms with Crippen molar-refractivity contribution in [3.63, 3.8) is 0 Å². The number of aliphatic imine (C=N–C) groups is 1. The average Bonchev–Trinajstić information content (AvgIpc) is 2.15. The lowest BCUT2D eigenvalue weighted by Crippen LogP contribution is -2.13. The van der Waals surface area contributed by atoms with Gasteiger partial charge in [0, 0.05) is 18.6 Å². The lowest BCUT2D eigenvalue weighted by molar-refractivity contribution is -0.463. The summed E-state index contributed by atoms with van der Waals surface area (Å²) in [4.78, 5) is 13.7. The second-order valence-corrected chi connectivity index (χ2v) is 3.17. The first-order chi connectivity index (χ1) is 6.70. The van der Waals surface area contributed by atoms with E-state index < -0.39 is 0 Å². The Morgan fingerprint density at radius 1 is 1.36 bits per heavy atom. The number of aliphatic hydroxyl groups excluding tert-OH is 1. The fraction of sp³-hybridized carbons (Fsp3) is 0.889. The molecule has 5 nitrogen and oxygen atoms in total. The van der Waals surface area contributed by atoms with E-state index >= 15 is 0 Å². The zero-order valence-electron chi connectivity index (χ0n) is 8.61. The predicted octanol–water partition coefficient (Wildman–Crippen LogP) is 1.28. The molecule has 0 heterocycles. The molecule has 0 bridgehead atoms. The van der Waals surface area contributed by atoms with Crippen LogP contribution in [-0.2, 0) is 0 Å². The number of aliphatic hydroxyl groups is 1. The molecule has 0 atom stereocenters. The van der Waals surface area contributed by atoms with Crippen molar-refractivity contribution in [1.82, 2.24) is 0 Å². The minimum Gasteiger partial charge on any atom is -0.396 e. The summed E-state index contributed by atoms with van der Waals surface area (Å²) in [6.45, 7) is 0.0835. The number of hydrogen-bond donors (Lipinski definition) is 1. The summed E-state index contributed by atoms with van der Waals surface area (Å²) in [5.74, 6) is 0. The third kappa shape index (κ3) is 7.67. The fourth-order valence-electron chi connectivity index (χ4n) is 1.21. The Bertz CT molecular complexity index is 192. The van der Waals surface area contributed by atoms with Crippen LogP contribution >= 0.6 is 0 Å². The summed E-state index contributed by atoms with van der Waals surface area (Å²) >= 11 is 0. The van der Waals surface area contributed by atoms with Crippen LogP contribution in [0.5, 0.6) is 0 Å². The van der Waals surface area contributed by atoms with Gasteiger partial charge in [-0.25, -0.2) is 0 Å². The van der Waals surface area contributed by atoms with Gasteiger partial charge in [0.05, 0.1) is 5.71 Å². The van der Waals surface area contributed by atoms with Gasteiger partial charge in [-0.05, 0) is 19.3 Å². The van der Waals surface area contributed by atoms with E-state index in [1.165, 1.54) is 0 Å². The highest BCUT2D eigenvalue weighted by Gasteiger charge is 2.05. The van der Waals surface area contributed by atoms with Crippen molar-refractivity contribution in [3.05, 3.63) is 10.1 Å². The summed E-state index contributed by atoms with van der Waals surface area (Å²) in [6, 6.07) is 0. The van der Waals surface area contributed by atoms with Gasteiger partial charge in [0.1, 0.15) is 0 Å². The van der Waals surface area contributed by atoms with Gasteiger partial charge in [0.2, 0.25) is 6.54 Å². The maximum atomic E-state index is 10.2. The molecule has 0 spiro atoms. The van der Waals surface area contributed by atoms with Gasteiger partial charge in [-0.2, -0.15) is 0 Å². The summed E-state index contributed by atoms with van der Waals surface area (Å²) in [6.07, 6.45) is 4.40. The molecule has 1 N–H and O–H groups in total. The molecule has 0 aliphatic heterocycles. The first-order valence-corrected chi connectivity index (χ1v) is 4.88. The van der Waals surface area contributed by atoms with Gasteiger partial charge in [0.25, 0.3) is 0 Å². The third-order valence-corrected chi connectivity index (χ3v) is 2.00. The molecule has 0 rings (SSSR count). The number of hydrogen-bond acceptors (Lipinski definition) is 4. The predicted molar refractivity (Wildman–Crippen MR) is 55.4 cm³/mol. The molecule has 0 aromatic carbocycles. The summed E-state index contributed by atoms with van der Waals surface area (Å²) in [5, 5.41) is 18.7. The van der Waals surface area contributed by atoms with Gasteiger partial charge in [-0.1, -0.05) is 12.8 Å². The van der Waals surface area contributed by atoms with E-state index in [0.717, 1.165) is 25.7 Å². The second kappa shape index (κ2) is 8.62. The van der Waals surface area contributed by atoms with Crippen LogP contribution in [0.1, 0.15) is 32.1 Å². The van der Waals surface area contributed by atoms with E-state index in [2.05, 4.69) is 4.99 Å². The first-order valence-electron chi connectivity index (χ1n) is 4.88. The lowest BCUT2D eigenvalue weighted by atomic mass is 10.1. The molecule has 0 saturated carbocycles. The molecular formula is C9H18N2O3. The molecule has 0 radical (unpaired) electrons. The topological polar surface area (TPSA) is 75.7 Å². The molecule has 14 heavy (non-hydrogen) atoms. The van der Waals surface area contributed by atoms with Crippen molar-refractivity contribution in [2.45, 2.75) is 32.1 Å². The molecule has 0 aliphatic carbocycles. The van der Waals surface area contributed by atoms with Gasteiger partial charge in [-0.15, -0.1) is 0 Å². The standard InChI is InChI=1S/C9H18N2O3/c1-10-9(8-11(13)14)6-4-2-3-5-7-12/h12H,2-8H2,1H3. The van der Waals surface area contributed by atoms with Crippen LogP contribution in [0.15, 0.2) is 4.99 Å². The second-order valence-electron chi connectivity index (χ2n) is 3.17. The molecule has 0 aromatic rings. The van der Waals surface area contributed by atoms with Crippen LogP contribution in [0.2, 0.25) is 0 Å². The minimum absolute atomic E-state index is 0.142. The maximum absolute atomic E-state index is 10.2. The Morgan fingerprint density at radius 3 is 2.50 bits per heavy atom. The number of nitrogens with zero attached hydrogens (tertiary/aromatic N) is 2. The van der Waals surface area contributed by atoms with Crippen molar-refractivity contribution in [3.8, 4) is 0 Å². The Kier molecular flexibility index (Phi) is 8.02. The summed E-state index contributed by atoms with van der Waals surface area (Å²) < 4.78 is 0. The molecular weight excluding hydrogens is 184 g/mol. The molecule has 0 fully saturated rings. The highest BCUT2D eigenvalue weighted by Crippen LogP contribution is 2.03. The number of nitro groups is 1. The van der Waals surface area contributed by atoms with Gasteiger partial charge in [0.15, 0.2) is 0 Å². The number of unbranched alkanes of at least 4 members (excludes halogenated alkanes) is 3. The monoisotopic (exact) mass is 202 g/mol. The van der Waals surface area contributed by atoms with Crippen LogP contribution in [0, 0.1) is 10.1 Å². The van der Waals surface area contributed by atoms with Gasteiger partial charge in [-0.3, -0.25) is 15.1 Å². The SMILES string of the molecule is CN=C(CCCCCCO)C[N+](=O)[O-]. The summed E-state index contributed by atoms with van der Waals surface area (Å²) in [5.41, 5.74) is 0.652. The Labute approximate surface area is 84.0 Å². The van der Waals surface area contributed by atoms with E-state index in [4.69, 9.17) is 5.11 Å². The van der Waals surface area contributed by atoms with E-state index in [1.54, 1.807) is 7.05 Å². The molecule has 5 heteroatoms. The highest BCUT2D eigenvalue weighted by atomic mass is 16.6. The Morgan fingerprint density at radius 2 is 2.00 bits per heavy atom. The van der Waals surface area contributed by atoms with Crippen LogP contribution in [-0.4, -0.2) is 35.9 Å². The van der Waals surface area contributed by atoms with Crippen molar-refractivity contribution in [1.29, 1.82) is 0 Å². The number of rotatable bonds is 8. The zero-order chi connectivity index (χ0) is 10.8. The molecule has 0 saturated heterocycles. The zero-order valence-corrected chi connectivity index (χ0v) is 8.61. The van der Waals surface area contributed by atoms with Crippen molar-refractivity contribution in [2.24, 2.45) is 4.99 Å². The highest BCUT2D eigenvalue weighted by molar-refractivity contribution is 5.85. The molecule has 0 amide bonds. The lowest BCUT2D eigenvalue weighted by Gasteiger charge is -2.00. The van der Waals surface area contributed by atoms with Crippen LogP contribution in [0.3, 0.4) is 0 Å². The molecule has 82 valence electrons. The normalized spacial score (nSPS) is 11.7. The minimum atomic E-state index is -0.351. The van der Waals surface area contributed by atoms with E-state index in [9.17, 15) is 10.1 Å². The van der Waals surface area contributed by atoms with Crippen LogP contribution in [0.4, 0.5) is 0 Å². The Balaban J connectivity index is 3.49. The smallest absolute Gasteiger partial charge is 0.241 e. The first kappa shape index (κ1) is 13.0. The molecule has 0 aliphatic rings. The fourth-order valence-corrected chi connectivity index (χ4v) is 1.21. The van der Waals surface area contributed by atoms with Crippen LogP contribution in [0.25, 0.3) is 0 Å². The van der Waals surface area contributed by atoms with Crippen molar-refractivity contribution >= 4 is 5.71 Å². The Hall–Kier alpha value is -0.970.